The number of rotatable bonds is 5. The van der Waals surface area contributed by atoms with Gasteiger partial charge in [-0.3, -0.25) is 4.79 Å². The highest BCUT2D eigenvalue weighted by Gasteiger charge is 2.40. The minimum absolute atomic E-state index is 0.0155. The third kappa shape index (κ3) is 3.77. The lowest BCUT2D eigenvalue weighted by molar-refractivity contribution is -0.130. The molecule has 2 saturated heterocycles. The minimum Gasteiger partial charge on any atom is -0.375 e. The zero-order chi connectivity index (χ0) is 21.4. The first-order chi connectivity index (χ1) is 15.1. The molecule has 2 aliphatic rings. The summed E-state index contributed by atoms with van der Waals surface area (Å²) in [5.74, 6) is 1.45. The summed E-state index contributed by atoms with van der Waals surface area (Å²) in [6.07, 6.45) is 5.51. The topological polar surface area (TPSA) is 114 Å². The maximum Gasteiger partial charge on any atom is 0.241 e. The molecule has 0 spiro atoms. The number of anilines is 2. The first-order valence-corrected chi connectivity index (χ1v) is 11.5. The summed E-state index contributed by atoms with van der Waals surface area (Å²) in [7, 11) is 0. The van der Waals surface area contributed by atoms with E-state index in [2.05, 4.69) is 25.2 Å². The van der Waals surface area contributed by atoms with Crippen molar-refractivity contribution in [3.05, 3.63) is 42.9 Å². The highest BCUT2D eigenvalue weighted by Crippen LogP contribution is 2.36. The molecule has 5 rings (SSSR count). The summed E-state index contributed by atoms with van der Waals surface area (Å²) >= 11 is -2.11. The first-order valence-electron chi connectivity index (χ1n) is 10.4. The zero-order valence-electron chi connectivity index (χ0n) is 16.9. The molecule has 4 heterocycles. The van der Waals surface area contributed by atoms with Crippen LogP contribution >= 0.6 is 0 Å². The molecule has 3 N–H and O–H groups in total. The molecule has 162 valence electrons. The molecule has 2 fully saturated rings. The van der Waals surface area contributed by atoms with Crippen molar-refractivity contribution in [1.29, 1.82) is 0 Å². The molecule has 1 aromatic carbocycles. The van der Waals surface area contributed by atoms with Gasteiger partial charge in [0.25, 0.3) is 0 Å². The predicted molar refractivity (Wildman–Crippen MR) is 118 cm³/mol. The Bertz CT molecular complexity index is 1140. The molecule has 2 aromatic heterocycles. The van der Waals surface area contributed by atoms with Crippen LogP contribution in [0.1, 0.15) is 12.8 Å². The summed E-state index contributed by atoms with van der Waals surface area (Å²) in [6.45, 7) is 2.38. The van der Waals surface area contributed by atoms with Gasteiger partial charge in [0.2, 0.25) is 5.91 Å². The molecule has 3 unspecified atom stereocenters. The van der Waals surface area contributed by atoms with Gasteiger partial charge in [0.1, 0.15) is 17.8 Å². The van der Waals surface area contributed by atoms with Crippen molar-refractivity contribution in [3.63, 3.8) is 0 Å². The van der Waals surface area contributed by atoms with Crippen molar-refractivity contribution in [3.8, 4) is 0 Å². The summed E-state index contributed by atoms with van der Waals surface area (Å²) in [5, 5.41) is 4.03. The van der Waals surface area contributed by atoms with Crippen LogP contribution in [0.15, 0.2) is 47.8 Å². The predicted octanol–water partition coefficient (Wildman–Crippen LogP) is 2.08. The molecular weight excluding hydrogens is 416 g/mol. The Labute approximate surface area is 182 Å². The van der Waals surface area contributed by atoms with Gasteiger partial charge in [0, 0.05) is 25.8 Å². The molecule has 0 aliphatic carbocycles. The van der Waals surface area contributed by atoms with Crippen LogP contribution in [0.4, 0.5) is 11.5 Å². The van der Waals surface area contributed by atoms with Gasteiger partial charge in [0.15, 0.2) is 11.1 Å². The van der Waals surface area contributed by atoms with Gasteiger partial charge < -0.3 is 24.7 Å². The molecule has 3 atom stereocenters. The molecule has 0 bridgehead atoms. The number of aromatic nitrogens is 3. The third-order valence-electron chi connectivity index (χ3n) is 6.33. The van der Waals surface area contributed by atoms with E-state index in [-0.39, 0.29) is 23.4 Å². The number of piperidine rings is 1. The van der Waals surface area contributed by atoms with Crippen LogP contribution < -0.4 is 10.2 Å². The fourth-order valence-electron chi connectivity index (χ4n) is 4.77. The number of nitrogens with one attached hydrogen (secondary N) is 2. The van der Waals surface area contributed by atoms with Crippen LogP contribution in [0.25, 0.3) is 11.0 Å². The van der Waals surface area contributed by atoms with Gasteiger partial charge in [-0.2, -0.15) is 0 Å². The molecule has 10 heteroatoms. The second-order valence-electron chi connectivity index (χ2n) is 7.97. The molecule has 9 nitrogen and oxygen atoms in total. The number of amides is 1. The Hall–Kier alpha value is -2.98. The van der Waals surface area contributed by atoms with E-state index < -0.39 is 11.1 Å². The molecule has 1 amide bonds. The summed E-state index contributed by atoms with van der Waals surface area (Å²) < 4.78 is 20.9. The highest BCUT2D eigenvalue weighted by molar-refractivity contribution is 7.79. The van der Waals surface area contributed by atoms with E-state index in [1.807, 2.05) is 17.2 Å². The third-order valence-corrected chi connectivity index (χ3v) is 7.06. The fourth-order valence-corrected chi connectivity index (χ4v) is 5.29. The maximum atomic E-state index is 12.9. The van der Waals surface area contributed by atoms with E-state index in [1.54, 1.807) is 30.6 Å². The van der Waals surface area contributed by atoms with Gasteiger partial charge in [0.05, 0.1) is 28.6 Å². The summed E-state index contributed by atoms with van der Waals surface area (Å²) in [6, 6.07) is 8.98. The van der Waals surface area contributed by atoms with E-state index in [4.69, 9.17) is 0 Å². The first kappa shape index (κ1) is 20.0. The molecule has 3 aromatic rings. The lowest BCUT2D eigenvalue weighted by Gasteiger charge is -2.39. The number of hydrogen-bond donors (Lipinski definition) is 3. The maximum absolute atomic E-state index is 12.9. The molecule has 0 radical (unpaired) electrons. The molecule has 2 aliphatic heterocycles. The number of benzene rings is 1. The quantitative estimate of drug-likeness (QED) is 0.521. The van der Waals surface area contributed by atoms with Crippen LogP contribution in [0.2, 0.25) is 0 Å². The average Bonchev–Trinajstić information content (AvgIpc) is 3.44. The summed E-state index contributed by atoms with van der Waals surface area (Å²) in [5.41, 5.74) is 1.33. The monoisotopic (exact) mass is 440 g/mol. The largest absolute Gasteiger partial charge is 0.375 e. The zero-order valence-corrected chi connectivity index (χ0v) is 17.7. The van der Waals surface area contributed by atoms with Crippen LogP contribution in [-0.4, -0.2) is 66.7 Å². The molecular formula is C21H24N6O3S. The van der Waals surface area contributed by atoms with Gasteiger partial charge in [-0.05, 0) is 37.0 Å². The fraction of sp³-hybridized carbons (Fsp3) is 0.381. The van der Waals surface area contributed by atoms with Crippen LogP contribution in [-0.2, 0) is 15.9 Å². The Kier molecular flexibility index (Phi) is 5.33. The van der Waals surface area contributed by atoms with Crippen molar-refractivity contribution in [2.24, 2.45) is 5.92 Å². The number of hydrogen-bond acceptors (Lipinski definition) is 6. The normalized spacial score (nSPS) is 21.8. The Morgan fingerprint density at radius 3 is 2.94 bits per heavy atom. The van der Waals surface area contributed by atoms with E-state index in [0.29, 0.717) is 18.2 Å². The van der Waals surface area contributed by atoms with E-state index in [0.717, 1.165) is 42.8 Å². The standard InChI is InChI=1S/C21H24N6O3S/c28-19(11-23-16-3-1-2-4-18(16)31(29)30)26-9-6-14-7-10-27(17(14)12-26)21-15-5-8-22-20(15)24-13-25-21/h1-5,8,13-14,17,23H,6-7,9-12H2,(H,29,30)(H,22,24,25). The average molecular weight is 441 g/mol. The van der Waals surface area contributed by atoms with Gasteiger partial charge in [-0.1, -0.05) is 12.1 Å². The Balaban J connectivity index is 1.29. The second kappa shape index (κ2) is 8.27. The SMILES string of the molecule is O=C(CNc1ccccc1S(=O)O)N1CCC2CCN(c3ncnc4[nH]ccc34)C2C1. The number of aromatic amines is 1. The second-order valence-corrected chi connectivity index (χ2v) is 8.91. The number of likely N-dealkylation sites (tertiary alicyclic amines) is 1. The van der Waals surface area contributed by atoms with Crippen LogP contribution in [0.3, 0.4) is 0 Å². The Morgan fingerprint density at radius 2 is 2.06 bits per heavy atom. The number of carbonyl (C=O) groups is 1. The van der Waals surface area contributed by atoms with E-state index in [1.165, 1.54) is 0 Å². The number of para-hydroxylation sites is 1. The number of nitrogens with zero attached hydrogens (tertiary/aromatic N) is 4. The lowest BCUT2D eigenvalue weighted by atomic mass is 9.92. The van der Waals surface area contributed by atoms with Crippen molar-refractivity contribution < 1.29 is 13.6 Å². The van der Waals surface area contributed by atoms with E-state index in [9.17, 15) is 13.6 Å². The highest BCUT2D eigenvalue weighted by atomic mass is 32.2. The smallest absolute Gasteiger partial charge is 0.241 e. The van der Waals surface area contributed by atoms with Crippen molar-refractivity contribution in [2.45, 2.75) is 23.8 Å². The van der Waals surface area contributed by atoms with Gasteiger partial charge >= 0.3 is 0 Å². The van der Waals surface area contributed by atoms with Crippen molar-refractivity contribution >= 4 is 39.5 Å². The van der Waals surface area contributed by atoms with Crippen LogP contribution in [0, 0.1) is 5.92 Å². The molecule has 0 saturated carbocycles. The van der Waals surface area contributed by atoms with Crippen molar-refractivity contribution in [2.75, 3.05) is 36.4 Å². The minimum atomic E-state index is -2.11. The lowest BCUT2D eigenvalue weighted by Crippen LogP contribution is -2.51. The van der Waals surface area contributed by atoms with Gasteiger partial charge in [-0.25, -0.2) is 14.2 Å². The summed E-state index contributed by atoms with van der Waals surface area (Å²) in [4.78, 5) is 29.4. The Morgan fingerprint density at radius 1 is 1.23 bits per heavy atom. The number of carbonyl (C=O) groups excluding carboxylic acids is 1. The van der Waals surface area contributed by atoms with Gasteiger partial charge in [-0.15, -0.1) is 0 Å². The van der Waals surface area contributed by atoms with E-state index >= 15 is 0 Å². The molecule has 31 heavy (non-hydrogen) atoms. The number of fused-ring (bicyclic) bond motifs is 2. The number of H-pyrrole nitrogens is 1. The van der Waals surface area contributed by atoms with Crippen molar-refractivity contribution in [1.82, 2.24) is 19.9 Å². The van der Waals surface area contributed by atoms with Crippen LogP contribution in [0.5, 0.6) is 0 Å².